The molecule has 0 aromatic heterocycles. The quantitative estimate of drug-likeness (QED) is 0.0320. The first-order valence-electron chi connectivity index (χ1n) is 34.8. The predicted molar refractivity (Wildman–Crippen MR) is 338 cm³/mol. The molecule has 0 radical (unpaired) electrons. The van der Waals surface area contributed by atoms with E-state index in [0.717, 1.165) is 44.9 Å². The number of unbranched alkanes of at least 4 members (excludes halogenated alkanes) is 50. The summed E-state index contributed by atoms with van der Waals surface area (Å²) >= 11 is 0. The molecule has 0 rings (SSSR count). The summed E-state index contributed by atoms with van der Waals surface area (Å²) in [4.78, 5) is 24.6. The molecule has 1 amide bonds. The summed E-state index contributed by atoms with van der Waals surface area (Å²) in [5.74, 6) is -0.0552. The van der Waals surface area contributed by atoms with Gasteiger partial charge >= 0.3 is 5.97 Å². The van der Waals surface area contributed by atoms with Crippen molar-refractivity contribution in [2.75, 3.05) is 13.2 Å². The number of rotatable bonds is 65. The van der Waals surface area contributed by atoms with Crippen molar-refractivity contribution < 1.29 is 24.5 Å². The number of carbonyl (C=O) groups is 2. The number of hydrogen-bond acceptors (Lipinski definition) is 5. The van der Waals surface area contributed by atoms with Gasteiger partial charge < -0.3 is 20.3 Å². The van der Waals surface area contributed by atoms with Crippen LogP contribution in [0.25, 0.3) is 0 Å². The molecule has 2 unspecified atom stereocenters. The minimum atomic E-state index is -0.847. The van der Waals surface area contributed by atoms with E-state index in [4.69, 9.17) is 4.74 Å². The second-order valence-corrected chi connectivity index (χ2v) is 23.9. The molecule has 77 heavy (non-hydrogen) atoms. The van der Waals surface area contributed by atoms with Gasteiger partial charge in [0.2, 0.25) is 5.91 Å². The van der Waals surface area contributed by atoms with Gasteiger partial charge in [0.05, 0.1) is 25.4 Å². The van der Waals surface area contributed by atoms with Crippen molar-refractivity contribution in [1.29, 1.82) is 0 Å². The van der Waals surface area contributed by atoms with E-state index in [2.05, 4.69) is 43.5 Å². The third kappa shape index (κ3) is 63.1. The molecule has 0 saturated carbocycles. The Morgan fingerprint density at radius 2 is 0.649 bits per heavy atom. The van der Waals surface area contributed by atoms with E-state index in [9.17, 15) is 19.8 Å². The number of amides is 1. The Labute approximate surface area is 481 Å². The zero-order valence-corrected chi connectivity index (χ0v) is 52.0. The van der Waals surface area contributed by atoms with Gasteiger partial charge in [-0.3, -0.25) is 9.59 Å². The Bertz CT molecular complexity index is 1250. The van der Waals surface area contributed by atoms with E-state index in [-0.39, 0.29) is 18.5 Å². The van der Waals surface area contributed by atoms with Crippen molar-refractivity contribution in [1.82, 2.24) is 5.32 Å². The molecular formula is C71H135NO5. The average molecular weight is 1080 g/mol. The van der Waals surface area contributed by atoms with Crippen molar-refractivity contribution in [3.63, 3.8) is 0 Å². The first kappa shape index (κ1) is 75.1. The van der Waals surface area contributed by atoms with Crippen molar-refractivity contribution in [2.45, 2.75) is 392 Å². The molecule has 0 bridgehead atoms. The minimum absolute atomic E-state index is 0.0129. The van der Waals surface area contributed by atoms with E-state index >= 15 is 0 Å². The Balaban J connectivity index is 3.44. The highest BCUT2D eigenvalue weighted by atomic mass is 16.5. The normalized spacial score (nSPS) is 12.7. The van der Waals surface area contributed by atoms with E-state index in [0.29, 0.717) is 19.4 Å². The van der Waals surface area contributed by atoms with Crippen LogP contribution in [0.2, 0.25) is 0 Å². The molecule has 2 atom stereocenters. The van der Waals surface area contributed by atoms with Gasteiger partial charge in [0.1, 0.15) is 0 Å². The highest BCUT2D eigenvalue weighted by Gasteiger charge is 2.18. The third-order valence-corrected chi connectivity index (χ3v) is 16.2. The van der Waals surface area contributed by atoms with E-state index in [1.165, 1.54) is 308 Å². The number of nitrogens with one attached hydrogen (secondary N) is 1. The number of aliphatic hydroxyl groups excluding tert-OH is 2. The zero-order chi connectivity index (χ0) is 55.7. The highest BCUT2D eigenvalue weighted by molar-refractivity contribution is 5.76. The summed E-state index contributed by atoms with van der Waals surface area (Å²) in [6, 6.07) is -0.631. The lowest BCUT2D eigenvalue weighted by atomic mass is 10.0. The van der Waals surface area contributed by atoms with Gasteiger partial charge in [0.25, 0.3) is 0 Å². The SMILES string of the molecule is CCCCCCCCCCCCCCCCCCC/C=C/C(O)C(CO)NC(=O)CCCCCCCCCCCCC/C=C\C/C=C\CCCCCCCCCCCOC(=O)CCCCCCCCCCCCCCCC. The van der Waals surface area contributed by atoms with Crippen LogP contribution in [0.1, 0.15) is 380 Å². The highest BCUT2D eigenvalue weighted by Crippen LogP contribution is 2.18. The van der Waals surface area contributed by atoms with Gasteiger partial charge in [-0.2, -0.15) is 0 Å². The van der Waals surface area contributed by atoms with Gasteiger partial charge in [0.15, 0.2) is 0 Å². The smallest absolute Gasteiger partial charge is 0.305 e. The van der Waals surface area contributed by atoms with Crippen LogP contribution < -0.4 is 5.32 Å². The fourth-order valence-corrected chi connectivity index (χ4v) is 10.8. The number of esters is 1. The summed E-state index contributed by atoms with van der Waals surface area (Å²) in [7, 11) is 0. The van der Waals surface area contributed by atoms with Gasteiger partial charge in [0, 0.05) is 12.8 Å². The molecule has 0 spiro atoms. The topological polar surface area (TPSA) is 95.9 Å². The first-order valence-corrected chi connectivity index (χ1v) is 34.8. The molecular weight excluding hydrogens is 947 g/mol. The van der Waals surface area contributed by atoms with E-state index in [1.54, 1.807) is 6.08 Å². The van der Waals surface area contributed by atoms with Crippen LogP contribution in [-0.4, -0.2) is 47.4 Å². The lowest BCUT2D eigenvalue weighted by Crippen LogP contribution is -2.45. The first-order chi connectivity index (χ1) is 38.0. The van der Waals surface area contributed by atoms with Gasteiger partial charge in [-0.1, -0.05) is 339 Å². The molecule has 0 heterocycles. The van der Waals surface area contributed by atoms with Crippen molar-refractivity contribution in [3.8, 4) is 0 Å². The number of allylic oxidation sites excluding steroid dienone is 5. The summed E-state index contributed by atoms with van der Waals surface area (Å²) in [6.07, 6.45) is 85.0. The van der Waals surface area contributed by atoms with Crippen LogP contribution in [0.4, 0.5) is 0 Å². The summed E-state index contributed by atoms with van der Waals surface area (Å²) < 4.78 is 5.49. The number of carbonyl (C=O) groups excluding carboxylic acids is 2. The Morgan fingerprint density at radius 3 is 0.987 bits per heavy atom. The molecule has 0 aromatic carbocycles. The number of aliphatic hydroxyl groups is 2. The molecule has 0 saturated heterocycles. The Morgan fingerprint density at radius 1 is 0.364 bits per heavy atom. The molecule has 0 fully saturated rings. The summed E-state index contributed by atoms with van der Waals surface area (Å²) in [6.45, 7) is 4.93. The van der Waals surface area contributed by atoms with Crippen molar-refractivity contribution in [3.05, 3.63) is 36.5 Å². The standard InChI is InChI=1S/C71H135NO5/c1-3-5-7-9-11-13-15-17-19-20-30-33-36-39-43-47-51-55-59-63-69(74)68(67-73)72-70(75)64-60-56-52-48-44-40-37-34-31-28-26-24-22-21-23-25-27-29-32-35-38-42-46-50-54-58-62-66-77-71(76)65-61-57-53-49-45-41-18-16-14-12-10-8-6-4-2/h21-22,25,27,59,63,68-69,73-74H,3-20,23-24,26,28-58,60-62,64-67H2,1-2H3,(H,72,75)/b22-21-,27-25-,63-59+. The molecule has 454 valence electrons. The fourth-order valence-electron chi connectivity index (χ4n) is 10.8. The van der Waals surface area contributed by atoms with Crippen LogP contribution in [0, 0.1) is 0 Å². The van der Waals surface area contributed by atoms with E-state index < -0.39 is 12.1 Å². The second-order valence-electron chi connectivity index (χ2n) is 23.9. The summed E-state index contributed by atoms with van der Waals surface area (Å²) in [5, 5.41) is 23.2. The second kappa shape index (κ2) is 66.6. The summed E-state index contributed by atoms with van der Waals surface area (Å²) in [5.41, 5.74) is 0. The van der Waals surface area contributed by atoms with Crippen molar-refractivity contribution in [2.24, 2.45) is 0 Å². The maximum Gasteiger partial charge on any atom is 0.305 e. The van der Waals surface area contributed by atoms with E-state index in [1.807, 2.05) is 6.08 Å². The number of ether oxygens (including phenoxy) is 1. The lowest BCUT2D eigenvalue weighted by Gasteiger charge is -2.20. The third-order valence-electron chi connectivity index (χ3n) is 16.2. The predicted octanol–water partition coefficient (Wildman–Crippen LogP) is 22.3. The fraction of sp³-hybridized carbons (Fsp3) is 0.887. The van der Waals surface area contributed by atoms with Crippen LogP contribution in [0.15, 0.2) is 36.5 Å². The van der Waals surface area contributed by atoms with Crippen LogP contribution in [-0.2, 0) is 14.3 Å². The molecule has 0 aliphatic rings. The zero-order valence-electron chi connectivity index (χ0n) is 52.0. The number of hydrogen-bond donors (Lipinski definition) is 3. The average Bonchev–Trinajstić information content (AvgIpc) is 3.43. The Hall–Kier alpha value is -1.92. The molecule has 3 N–H and O–H groups in total. The molecule has 6 heteroatoms. The molecule has 6 nitrogen and oxygen atoms in total. The lowest BCUT2D eigenvalue weighted by molar-refractivity contribution is -0.143. The van der Waals surface area contributed by atoms with Gasteiger partial charge in [-0.05, 0) is 64.2 Å². The molecule has 0 aromatic rings. The van der Waals surface area contributed by atoms with Crippen LogP contribution >= 0.6 is 0 Å². The Kier molecular flexibility index (Phi) is 64.9. The molecule has 0 aliphatic heterocycles. The maximum atomic E-state index is 12.5. The minimum Gasteiger partial charge on any atom is -0.466 e. The maximum absolute atomic E-state index is 12.5. The molecule has 0 aliphatic carbocycles. The van der Waals surface area contributed by atoms with Crippen LogP contribution in [0.3, 0.4) is 0 Å². The monoisotopic (exact) mass is 1080 g/mol. The largest absolute Gasteiger partial charge is 0.466 e. The van der Waals surface area contributed by atoms with Gasteiger partial charge in [-0.15, -0.1) is 0 Å². The van der Waals surface area contributed by atoms with Crippen LogP contribution in [0.5, 0.6) is 0 Å². The van der Waals surface area contributed by atoms with Crippen molar-refractivity contribution >= 4 is 11.9 Å². The van der Waals surface area contributed by atoms with Gasteiger partial charge in [-0.25, -0.2) is 0 Å².